The smallest absolute Gasteiger partial charge is 0.266 e. The molecule has 2 heterocycles. The van der Waals surface area contributed by atoms with Gasteiger partial charge in [-0.25, -0.2) is 9.59 Å². The van der Waals surface area contributed by atoms with Gasteiger partial charge in [0.15, 0.2) is 0 Å². The number of hydrogen-bond donors (Lipinski definition) is 0. The Hall–Kier alpha value is -3.60. The molecule has 0 fully saturated rings. The standard InChI is InChI=1S/C14H6N4O4/c19-7-17-13(21)9-1-3-15-11(5-9)12-6-10(2-4-16-12)14(22)18-8-20/h1-6H. The normalized spacial score (nSPS) is 9.27. The Balaban J connectivity index is 2.44. The summed E-state index contributed by atoms with van der Waals surface area (Å²) in [5.74, 6) is -1.53. The molecule has 2 amide bonds. The van der Waals surface area contributed by atoms with Crippen molar-refractivity contribution in [3.05, 3.63) is 47.8 Å². The minimum Gasteiger partial charge on any atom is -0.266 e. The maximum atomic E-state index is 11.5. The molecule has 0 N–H and O–H groups in total. The van der Waals surface area contributed by atoms with Crippen LogP contribution in [0.2, 0.25) is 0 Å². The van der Waals surface area contributed by atoms with Gasteiger partial charge in [0, 0.05) is 23.5 Å². The third-order valence-corrected chi connectivity index (χ3v) is 2.57. The van der Waals surface area contributed by atoms with E-state index in [9.17, 15) is 19.2 Å². The van der Waals surface area contributed by atoms with Crippen molar-refractivity contribution in [2.24, 2.45) is 9.98 Å². The van der Waals surface area contributed by atoms with Gasteiger partial charge in [0.2, 0.25) is 12.2 Å². The van der Waals surface area contributed by atoms with Crippen molar-refractivity contribution in [3.8, 4) is 11.4 Å². The van der Waals surface area contributed by atoms with E-state index in [0.717, 1.165) is 12.2 Å². The van der Waals surface area contributed by atoms with E-state index in [1.807, 2.05) is 0 Å². The van der Waals surface area contributed by atoms with E-state index >= 15 is 0 Å². The molecule has 2 aromatic rings. The minimum absolute atomic E-state index is 0.123. The maximum absolute atomic E-state index is 11.5. The summed E-state index contributed by atoms with van der Waals surface area (Å²) >= 11 is 0. The first kappa shape index (κ1) is 14.8. The van der Waals surface area contributed by atoms with Crippen molar-refractivity contribution in [1.82, 2.24) is 9.97 Å². The van der Waals surface area contributed by atoms with Crippen molar-refractivity contribution < 1.29 is 19.2 Å². The van der Waals surface area contributed by atoms with Crippen LogP contribution in [-0.2, 0) is 9.59 Å². The molecule has 0 bridgehead atoms. The number of carbonyl (C=O) groups is 2. The van der Waals surface area contributed by atoms with Crippen LogP contribution >= 0.6 is 0 Å². The molecule has 0 aliphatic carbocycles. The Labute approximate surface area is 123 Å². The molecule has 106 valence electrons. The summed E-state index contributed by atoms with van der Waals surface area (Å²) < 4.78 is 0. The molecule has 8 nitrogen and oxygen atoms in total. The molecular weight excluding hydrogens is 288 g/mol. The number of nitrogens with zero attached hydrogens (tertiary/aromatic N) is 4. The average molecular weight is 294 g/mol. The number of isocyanates is 2. The van der Waals surface area contributed by atoms with Crippen LogP contribution in [0, 0.1) is 0 Å². The molecule has 22 heavy (non-hydrogen) atoms. The first-order valence-corrected chi connectivity index (χ1v) is 5.82. The fourth-order valence-electron chi connectivity index (χ4n) is 1.62. The highest BCUT2D eigenvalue weighted by molar-refractivity contribution is 5.99. The number of aromatic nitrogens is 2. The molecule has 0 atom stereocenters. The van der Waals surface area contributed by atoms with Crippen molar-refractivity contribution in [3.63, 3.8) is 0 Å². The second-order valence-electron chi connectivity index (χ2n) is 3.88. The quantitative estimate of drug-likeness (QED) is 0.617. The van der Waals surface area contributed by atoms with Gasteiger partial charge in [-0.3, -0.25) is 19.6 Å². The highest BCUT2D eigenvalue weighted by Gasteiger charge is 2.10. The minimum atomic E-state index is -0.767. The lowest BCUT2D eigenvalue weighted by Crippen LogP contribution is -1.99. The van der Waals surface area contributed by atoms with Crippen LogP contribution in [0.4, 0.5) is 0 Å². The Morgan fingerprint density at radius 1 is 0.818 bits per heavy atom. The molecule has 8 heteroatoms. The fraction of sp³-hybridized carbons (Fsp3) is 0. The number of pyridine rings is 2. The van der Waals surface area contributed by atoms with Gasteiger partial charge in [-0.1, -0.05) is 0 Å². The molecule has 2 rings (SSSR count). The molecule has 0 unspecified atom stereocenters. The van der Waals surface area contributed by atoms with E-state index in [-0.39, 0.29) is 22.5 Å². The number of hydrogen-bond acceptors (Lipinski definition) is 6. The Bertz CT molecular complexity index is 778. The first-order chi connectivity index (χ1) is 10.7. The molecule has 0 saturated heterocycles. The summed E-state index contributed by atoms with van der Waals surface area (Å²) in [6.45, 7) is 0. The lowest BCUT2D eigenvalue weighted by atomic mass is 10.1. The lowest BCUT2D eigenvalue weighted by Gasteiger charge is -2.02. The molecule has 0 aliphatic heterocycles. The van der Waals surface area contributed by atoms with Gasteiger partial charge in [0.1, 0.15) is 0 Å². The maximum Gasteiger partial charge on any atom is 0.287 e. The van der Waals surface area contributed by atoms with Crippen LogP contribution in [0.5, 0.6) is 0 Å². The zero-order chi connectivity index (χ0) is 15.9. The van der Waals surface area contributed by atoms with Crippen molar-refractivity contribution in [2.75, 3.05) is 0 Å². The highest BCUT2D eigenvalue weighted by atomic mass is 16.2. The van der Waals surface area contributed by atoms with Crippen LogP contribution in [0.1, 0.15) is 20.7 Å². The lowest BCUT2D eigenvalue weighted by molar-refractivity contribution is 0.0994. The Kier molecular flexibility index (Phi) is 4.52. The Morgan fingerprint density at radius 3 is 1.59 bits per heavy atom. The van der Waals surface area contributed by atoms with Crippen LogP contribution < -0.4 is 0 Å². The summed E-state index contributed by atoms with van der Waals surface area (Å²) in [5, 5.41) is 0. The molecule has 0 aliphatic rings. The monoisotopic (exact) mass is 294 g/mol. The van der Waals surface area contributed by atoms with Crippen LogP contribution in [0.3, 0.4) is 0 Å². The molecule has 2 aromatic heterocycles. The number of amides is 2. The van der Waals surface area contributed by atoms with E-state index in [2.05, 4.69) is 20.0 Å². The zero-order valence-corrected chi connectivity index (χ0v) is 10.9. The van der Waals surface area contributed by atoms with Gasteiger partial charge >= 0.3 is 0 Å². The largest absolute Gasteiger partial charge is 0.287 e. The summed E-state index contributed by atoms with van der Waals surface area (Å²) in [7, 11) is 0. The average Bonchev–Trinajstić information content (AvgIpc) is 2.55. The van der Waals surface area contributed by atoms with E-state index in [0.29, 0.717) is 0 Å². The topological polar surface area (TPSA) is 119 Å². The van der Waals surface area contributed by atoms with Gasteiger partial charge < -0.3 is 0 Å². The first-order valence-electron chi connectivity index (χ1n) is 5.82. The summed E-state index contributed by atoms with van der Waals surface area (Å²) in [5.41, 5.74) is 0.823. The Morgan fingerprint density at radius 2 is 1.23 bits per heavy atom. The van der Waals surface area contributed by atoms with E-state index in [1.54, 1.807) is 0 Å². The van der Waals surface area contributed by atoms with Gasteiger partial charge in [0.25, 0.3) is 11.8 Å². The van der Waals surface area contributed by atoms with E-state index in [1.165, 1.54) is 36.7 Å². The van der Waals surface area contributed by atoms with Gasteiger partial charge in [-0.2, -0.15) is 0 Å². The summed E-state index contributed by atoms with van der Waals surface area (Å²) in [6.07, 6.45) is 4.99. The van der Waals surface area contributed by atoms with Crippen molar-refractivity contribution in [1.29, 1.82) is 0 Å². The van der Waals surface area contributed by atoms with Crippen LogP contribution in [-0.4, -0.2) is 33.9 Å². The van der Waals surface area contributed by atoms with E-state index in [4.69, 9.17) is 0 Å². The summed E-state index contributed by atoms with van der Waals surface area (Å²) in [4.78, 5) is 57.2. The third kappa shape index (κ3) is 3.29. The van der Waals surface area contributed by atoms with Crippen LogP contribution in [0.25, 0.3) is 11.4 Å². The molecule has 0 radical (unpaired) electrons. The molecule has 0 spiro atoms. The van der Waals surface area contributed by atoms with Gasteiger partial charge in [-0.15, -0.1) is 9.98 Å². The second-order valence-corrected chi connectivity index (χ2v) is 3.88. The summed E-state index contributed by atoms with van der Waals surface area (Å²) in [6, 6.07) is 5.47. The predicted octanol–water partition coefficient (Wildman–Crippen LogP) is 1.10. The van der Waals surface area contributed by atoms with Crippen LogP contribution in [0.15, 0.2) is 46.6 Å². The third-order valence-electron chi connectivity index (χ3n) is 2.57. The zero-order valence-electron chi connectivity index (χ0n) is 10.9. The highest BCUT2D eigenvalue weighted by Crippen LogP contribution is 2.17. The number of rotatable bonds is 3. The van der Waals surface area contributed by atoms with Crippen molar-refractivity contribution >= 4 is 24.0 Å². The van der Waals surface area contributed by atoms with Gasteiger partial charge in [0.05, 0.1) is 11.4 Å². The number of aliphatic imine (C=N–C) groups is 2. The number of carbonyl (C=O) groups excluding carboxylic acids is 4. The predicted molar refractivity (Wildman–Crippen MR) is 72.4 cm³/mol. The van der Waals surface area contributed by atoms with E-state index < -0.39 is 11.8 Å². The fourth-order valence-corrected chi connectivity index (χ4v) is 1.62. The molecule has 0 aromatic carbocycles. The SMILES string of the molecule is O=C=NC(=O)c1ccnc(-c2cc(C(=O)N=C=O)ccn2)c1. The molecular formula is C14H6N4O4. The molecule has 0 saturated carbocycles. The van der Waals surface area contributed by atoms with Crippen molar-refractivity contribution in [2.45, 2.75) is 0 Å². The van der Waals surface area contributed by atoms with Gasteiger partial charge in [-0.05, 0) is 24.3 Å². The second kappa shape index (κ2) is 6.71.